The van der Waals surface area contributed by atoms with Gasteiger partial charge in [0.1, 0.15) is 5.78 Å². The highest BCUT2D eigenvalue weighted by atomic mass is 16.1. The van der Waals surface area contributed by atoms with Gasteiger partial charge in [-0.1, -0.05) is 56.8 Å². The van der Waals surface area contributed by atoms with Crippen LogP contribution in [0.2, 0.25) is 0 Å². The van der Waals surface area contributed by atoms with Crippen molar-refractivity contribution in [2.75, 3.05) is 7.05 Å². The van der Waals surface area contributed by atoms with E-state index in [4.69, 9.17) is 5.84 Å². The minimum atomic E-state index is -0.654. The lowest BCUT2D eigenvalue weighted by Crippen LogP contribution is -2.41. The summed E-state index contributed by atoms with van der Waals surface area (Å²) in [5.74, 6) is 5.95. The van der Waals surface area contributed by atoms with Gasteiger partial charge in [-0.2, -0.15) is 0 Å². The summed E-state index contributed by atoms with van der Waals surface area (Å²) < 4.78 is 0. The maximum absolute atomic E-state index is 12.1. The van der Waals surface area contributed by atoms with Crippen molar-refractivity contribution in [2.24, 2.45) is 11.3 Å². The standard InChI is InChI=1S/C16H22N2O.C2H6/c1-5-9-15(18(4)17)16(3,13(2)19)12-14-10-7-6-8-11-14;1-2/h5-11H,1,12,17H2,2-4H3;1-2H3/b15-9-;. The lowest BCUT2D eigenvalue weighted by molar-refractivity contribution is -0.124. The molecule has 0 bridgehead atoms. The molecule has 0 aliphatic carbocycles. The first kappa shape index (κ1) is 19.1. The average Bonchev–Trinajstić information content (AvgIpc) is 2.47. The van der Waals surface area contributed by atoms with E-state index in [1.165, 1.54) is 5.01 Å². The molecular weight excluding hydrogens is 260 g/mol. The number of allylic oxidation sites excluding steroid dienone is 3. The van der Waals surface area contributed by atoms with Gasteiger partial charge in [0.25, 0.3) is 0 Å². The highest BCUT2D eigenvalue weighted by Gasteiger charge is 2.35. The molecule has 116 valence electrons. The zero-order valence-electron chi connectivity index (χ0n) is 13.9. The summed E-state index contributed by atoms with van der Waals surface area (Å²) in [6.45, 7) is 11.2. The van der Waals surface area contributed by atoms with Gasteiger partial charge in [0.2, 0.25) is 0 Å². The van der Waals surface area contributed by atoms with Crippen molar-refractivity contribution < 1.29 is 4.79 Å². The van der Waals surface area contributed by atoms with E-state index in [0.29, 0.717) is 6.42 Å². The molecular formula is C18H28N2O. The van der Waals surface area contributed by atoms with Crippen molar-refractivity contribution in [1.29, 1.82) is 0 Å². The summed E-state index contributed by atoms with van der Waals surface area (Å²) in [4.78, 5) is 12.1. The highest BCUT2D eigenvalue weighted by Crippen LogP contribution is 2.33. The molecule has 2 N–H and O–H groups in total. The van der Waals surface area contributed by atoms with Crippen LogP contribution >= 0.6 is 0 Å². The van der Waals surface area contributed by atoms with Crippen LogP contribution in [-0.4, -0.2) is 17.8 Å². The number of hydrogen-bond donors (Lipinski definition) is 1. The van der Waals surface area contributed by atoms with Gasteiger partial charge >= 0.3 is 0 Å². The Morgan fingerprint density at radius 2 is 1.86 bits per heavy atom. The number of benzene rings is 1. The zero-order chi connectivity index (χ0) is 16.5. The second kappa shape index (κ2) is 9.14. The van der Waals surface area contributed by atoms with Crippen molar-refractivity contribution >= 4 is 5.78 Å². The number of nitrogens with two attached hydrogens (primary N) is 1. The summed E-state index contributed by atoms with van der Waals surface area (Å²) >= 11 is 0. The number of nitrogens with zero attached hydrogens (tertiary/aromatic N) is 1. The third-order valence-corrected chi connectivity index (χ3v) is 3.40. The van der Waals surface area contributed by atoms with Gasteiger partial charge in [-0.25, -0.2) is 5.84 Å². The van der Waals surface area contributed by atoms with Crippen LogP contribution in [0.15, 0.2) is 54.8 Å². The van der Waals surface area contributed by atoms with Gasteiger partial charge in [0.05, 0.1) is 5.41 Å². The molecule has 0 aliphatic heterocycles. The second-order valence-corrected chi connectivity index (χ2v) is 4.95. The van der Waals surface area contributed by atoms with Gasteiger partial charge < -0.3 is 5.01 Å². The number of ketones is 1. The molecule has 0 radical (unpaired) electrons. The Labute approximate surface area is 129 Å². The van der Waals surface area contributed by atoms with Crippen molar-refractivity contribution in [3.8, 4) is 0 Å². The largest absolute Gasteiger partial charge is 0.317 e. The third-order valence-electron chi connectivity index (χ3n) is 3.40. The molecule has 1 atom stereocenters. The topological polar surface area (TPSA) is 46.3 Å². The fourth-order valence-electron chi connectivity index (χ4n) is 2.20. The quantitative estimate of drug-likeness (QED) is 0.493. The first-order valence-electron chi connectivity index (χ1n) is 7.28. The molecule has 1 aromatic carbocycles. The first-order valence-corrected chi connectivity index (χ1v) is 7.28. The van der Waals surface area contributed by atoms with Crippen LogP contribution in [0.5, 0.6) is 0 Å². The zero-order valence-corrected chi connectivity index (χ0v) is 13.9. The fourth-order valence-corrected chi connectivity index (χ4v) is 2.20. The van der Waals surface area contributed by atoms with Crippen LogP contribution in [0.4, 0.5) is 0 Å². The highest BCUT2D eigenvalue weighted by molar-refractivity contribution is 5.85. The van der Waals surface area contributed by atoms with Crippen LogP contribution in [0.1, 0.15) is 33.3 Å². The molecule has 0 saturated heterocycles. The molecule has 3 nitrogen and oxygen atoms in total. The number of hydrogen-bond acceptors (Lipinski definition) is 3. The molecule has 0 amide bonds. The monoisotopic (exact) mass is 288 g/mol. The van der Waals surface area contributed by atoms with E-state index >= 15 is 0 Å². The van der Waals surface area contributed by atoms with E-state index in [1.807, 2.05) is 51.1 Å². The number of carbonyl (C=O) groups is 1. The Balaban J connectivity index is 0.00000191. The Morgan fingerprint density at radius 1 is 1.33 bits per heavy atom. The fraction of sp³-hybridized carbons (Fsp3) is 0.389. The van der Waals surface area contributed by atoms with Crippen molar-refractivity contribution in [1.82, 2.24) is 5.01 Å². The number of hydrazine groups is 1. The van der Waals surface area contributed by atoms with E-state index in [-0.39, 0.29) is 5.78 Å². The molecule has 0 heterocycles. The van der Waals surface area contributed by atoms with E-state index < -0.39 is 5.41 Å². The maximum Gasteiger partial charge on any atom is 0.141 e. The first-order chi connectivity index (χ1) is 9.91. The minimum Gasteiger partial charge on any atom is -0.317 e. The number of carbonyl (C=O) groups excluding carboxylic acids is 1. The third kappa shape index (κ3) is 5.20. The number of rotatable bonds is 6. The predicted molar refractivity (Wildman–Crippen MR) is 90.5 cm³/mol. The second-order valence-electron chi connectivity index (χ2n) is 4.95. The van der Waals surface area contributed by atoms with Crippen LogP contribution in [-0.2, 0) is 11.2 Å². The molecule has 0 saturated carbocycles. The molecule has 21 heavy (non-hydrogen) atoms. The van der Waals surface area contributed by atoms with Gasteiger partial charge in [-0.05, 0) is 31.9 Å². The van der Waals surface area contributed by atoms with Gasteiger partial charge in [-0.3, -0.25) is 4.79 Å². The van der Waals surface area contributed by atoms with Crippen molar-refractivity contribution in [3.63, 3.8) is 0 Å². The Morgan fingerprint density at radius 3 is 2.24 bits per heavy atom. The summed E-state index contributed by atoms with van der Waals surface area (Å²) in [5, 5.41) is 1.49. The lowest BCUT2D eigenvalue weighted by Gasteiger charge is -2.34. The summed E-state index contributed by atoms with van der Waals surface area (Å²) in [6.07, 6.45) is 4.07. The molecule has 0 spiro atoms. The lowest BCUT2D eigenvalue weighted by atomic mass is 9.76. The van der Waals surface area contributed by atoms with Crippen LogP contribution in [0.25, 0.3) is 0 Å². The minimum absolute atomic E-state index is 0.0850. The molecule has 1 unspecified atom stereocenters. The maximum atomic E-state index is 12.1. The van der Waals surface area contributed by atoms with Gasteiger partial charge in [-0.15, -0.1) is 0 Å². The Hall–Kier alpha value is -1.87. The van der Waals surface area contributed by atoms with Gasteiger partial charge in [0.15, 0.2) is 0 Å². The SMILES string of the molecule is C=C/C=C(\N(C)N)C(C)(Cc1ccccc1)C(C)=O.CC. The normalized spacial score (nSPS) is 13.5. The molecule has 0 fully saturated rings. The van der Waals surface area contributed by atoms with Crippen LogP contribution < -0.4 is 5.84 Å². The Kier molecular flexibility index (Phi) is 8.32. The summed E-state index contributed by atoms with van der Waals surface area (Å²) in [6, 6.07) is 9.94. The predicted octanol–water partition coefficient (Wildman–Crippen LogP) is 3.73. The molecule has 0 aromatic heterocycles. The van der Waals surface area contributed by atoms with Crippen molar-refractivity contribution in [2.45, 2.75) is 34.1 Å². The smallest absolute Gasteiger partial charge is 0.141 e. The van der Waals surface area contributed by atoms with Crippen LogP contribution in [0.3, 0.4) is 0 Å². The Bertz CT molecular complexity index is 477. The molecule has 0 aliphatic rings. The average molecular weight is 288 g/mol. The molecule has 1 aromatic rings. The van der Waals surface area contributed by atoms with E-state index in [0.717, 1.165) is 11.3 Å². The van der Waals surface area contributed by atoms with Crippen LogP contribution in [0, 0.1) is 5.41 Å². The molecule has 3 heteroatoms. The number of Topliss-reactive ketones (excluding diaryl/α,β-unsaturated/α-hetero) is 1. The van der Waals surface area contributed by atoms with Gasteiger partial charge in [0, 0.05) is 12.7 Å². The molecule has 1 rings (SSSR count). The van der Waals surface area contributed by atoms with E-state index in [1.54, 1.807) is 26.1 Å². The summed E-state index contributed by atoms with van der Waals surface area (Å²) in [7, 11) is 1.74. The van der Waals surface area contributed by atoms with E-state index in [2.05, 4.69) is 6.58 Å². The van der Waals surface area contributed by atoms with Crippen molar-refractivity contribution in [3.05, 3.63) is 60.3 Å². The summed E-state index contributed by atoms with van der Waals surface area (Å²) in [5.41, 5.74) is 1.22. The van der Waals surface area contributed by atoms with E-state index in [9.17, 15) is 4.79 Å².